The summed E-state index contributed by atoms with van der Waals surface area (Å²) in [5, 5.41) is 8.13. The van der Waals surface area contributed by atoms with Crippen molar-refractivity contribution in [3.8, 4) is 11.5 Å². The van der Waals surface area contributed by atoms with Gasteiger partial charge in [0.2, 0.25) is 0 Å². The van der Waals surface area contributed by atoms with E-state index in [9.17, 15) is 4.79 Å². The molecule has 3 rings (SSSR count). The van der Waals surface area contributed by atoms with Crippen molar-refractivity contribution in [1.82, 2.24) is 5.32 Å². The fourth-order valence-corrected chi connectivity index (χ4v) is 4.27. The molecule has 25 heavy (non-hydrogen) atoms. The molecule has 0 saturated heterocycles. The highest BCUT2D eigenvalue weighted by Crippen LogP contribution is 2.37. The second kappa shape index (κ2) is 8.25. The van der Waals surface area contributed by atoms with E-state index in [1.807, 2.05) is 6.07 Å². The van der Waals surface area contributed by atoms with E-state index in [-0.39, 0.29) is 12.1 Å². The zero-order valence-electron chi connectivity index (χ0n) is 14.6. The summed E-state index contributed by atoms with van der Waals surface area (Å²) in [6.07, 6.45) is 4.81. The van der Waals surface area contributed by atoms with Gasteiger partial charge in [0.1, 0.15) is 0 Å². The van der Waals surface area contributed by atoms with Crippen molar-refractivity contribution < 1.29 is 14.3 Å². The van der Waals surface area contributed by atoms with Gasteiger partial charge in [0, 0.05) is 16.6 Å². The number of hydrogen-bond acceptors (Lipinski definition) is 4. The van der Waals surface area contributed by atoms with Crippen LogP contribution in [0.5, 0.6) is 11.5 Å². The Labute approximate surface area is 152 Å². The third-order valence-corrected chi connectivity index (χ3v) is 5.60. The average molecular weight is 360 g/mol. The molecule has 0 spiro atoms. The fourth-order valence-electron chi connectivity index (χ4n) is 3.40. The van der Waals surface area contributed by atoms with Gasteiger partial charge in [0.25, 0.3) is 0 Å². The number of nitrogens with one attached hydrogen (secondary N) is 2. The molecule has 1 fully saturated rings. The van der Waals surface area contributed by atoms with E-state index in [1.165, 1.54) is 30.6 Å². The first-order valence-corrected chi connectivity index (χ1v) is 9.42. The van der Waals surface area contributed by atoms with Crippen LogP contribution in [0.1, 0.15) is 36.6 Å². The minimum Gasteiger partial charge on any atom is -0.493 e. The number of methoxy groups -OCH3 is 2. The maximum atomic E-state index is 12.5. The number of thiophene rings is 1. The molecular formula is C19H24N2O3S. The summed E-state index contributed by atoms with van der Waals surface area (Å²) >= 11 is 1.70. The number of ether oxygens (including phenoxy) is 2. The van der Waals surface area contributed by atoms with Gasteiger partial charge >= 0.3 is 6.03 Å². The van der Waals surface area contributed by atoms with Crippen molar-refractivity contribution in [2.24, 2.45) is 5.92 Å². The molecule has 1 heterocycles. The van der Waals surface area contributed by atoms with Gasteiger partial charge in [-0.3, -0.25) is 0 Å². The first kappa shape index (κ1) is 17.6. The first-order chi connectivity index (χ1) is 12.2. The van der Waals surface area contributed by atoms with Crippen LogP contribution >= 0.6 is 11.3 Å². The summed E-state index contributed by atoms with van der Waals surface area (Å²) in [5.74, 6) is 1.73. The molecule has 6 heteroatoms. The zero-order chi connectivity index (χ0) is 17.6. The number of carbonyl (C=O) groups excluding carboxylic acids is 1. The van der Waals surface area contributed by atoms with Gasteiger partial charge < -0.3 is 20.1 Å². The van der Waals surface area contributed by atoms with E-state index < -0.39 is 0 Å². The van der Waals surface area contributed by atoms with Crippen LogP contribution in [0.25, 0.3) is 0 Å². The predicted octanol–water partition coefficient (Wildman–Crippen LogP) is 4.82. The van der Waals surface area contributed by atoms with Gasteiger partial charge in [-0.05, 0) is 42.3 Å². The predicted molar refractivity (Wildman–Crippen MR) is 101 cm³/mol. The lowest BCUT2D eigenvalue weighted by molar-refractivity contribution is 0.243. The molecular weight excluding hydrogens is 336 g/mol. The maximum Gasteiger partial charge on any atom is 0.319 e. The molecule has 1 aromatic carbocycles. The van der Waals surface area contributed by atoms with Crippen molar-refractivity contribution in [3.05, 3.63) is 40.6 Å². The standard InChI is InChI=1S/C19H24N2O3S/c1-23-15-10-9-14(12-16(15)24-2)20-19(22)21-18(13-6-3-4-7-13)17-8-5-11-25-17/h5,8-13,18H,3-4,6-7H2,1-2H3,(H2,20,21,22). The molecule has 0 aliphatic heterocycles. The molecule has 1 aliphatic rings. The topological polar surface area (TPSA) is 59.6 Å². The van der Waals surface area contributed by atoms with Gasteiger partial charge in [0.15, 0.2) is 11.5 Å². The average Bonchev–Trinajstić information content (AvgIpc) is 3.33. The number of carbonyl (C=O) groups is 1. The second-order valence-electron chi connectivity index (χ2n) is 6.21. The van der Waals surface area contributed by atoms with Crippen molar-refractivity contribution in [2.75, 3.05) is 19.5 Å². The summed E-state index contributed by atoms with van der Waals surface area (Å²) in [6, 6.07) is 9.35. The lowest BCUT2D eigenvalue weighted by Crippen LogP contribution is -2.35. The summed E-state index contributed by atoms with van der Waals surface area (Å²) < 4.78 is 10.5. The van der Waals surface area contributed by atoms with E-state index >= 15 is 0 Å². The Bertz CT molecular complexity index is 697. The van der Waals surface area contributed by atoms with E-state index in [2.05, 4.69) is 22.1 Å². The summed E-state index contributed by atoms with van der Waals surface area (Å²) in [4.78, 5) is 13.8. The van der Waals surface area contributed by atoms with Crippen molar-refractivity contribution >= 4 is 23.1 Å². The van der Waals surface area contributed by atoms with E-state index in [4.69, 9.17) is 9.47 Å². The Morgan fingerprint density at radius 3 is 2.56 bits per heavy atom. The maximum absolute atomic E-state index is 12.5. The Morgan fingerprint density at radius 2 is 1.92 bits per heavy atom. The zero-order valence-corrected chi connectivity index (χ0v) is 15.4. The van der Waals surface area contributed by atoms with Gasteiger partial charge in [-0.25, -0.2) is 4.79 Å². The largest absolute Gasteiger partial charge is 0.493 e. The first-order valence-electron chi connectivity index (χ1n) is 8.54. The van der Waals surface area contributed by atoms with E-state index in [1.54, 1.807) is 43.8 Å². The fraction of sp³-hybridized carbons (Fsp3) is 0.421. The van der Waals surface area contributed by atoms with Crippen LogP contribution in [0.4, 0.5) is 10.5 Å². The van der Waals surface area contributed by atoms with Gasteiger partial charge in [0.05, 0.1) is 20.3 Å². The summed E-state index contributed by atoms with van der Waals surface area (Å²) in [6.45, 7) is 0. The Kier molecular flexibility index (Phi) is 5.81. The lowest BCUT2D eigenvalue weighted by Gasteiger charge is -2.24. The highest BCUT2D eigenvalue weighted by Gasteiger charge is 2.28. The molecule has 1 saturated carbocycles. The van der Waals surface area contributed by atoms with Crippen LogP contribution < -0.4 is 20.1 Å². The quantitative estimate of drug-likeness (QED) is 0.776. The lowest BCUT2D eigenvalue weighted by atomic mass is 9.97. The molecule has 1 unspecified atom stereocenters. The molecule has 2 amide bonds. The Hall–Kier alpha value is -2.21. The monoisotopic (exact) mass is 360 g/mol. The van der Waals surface area contributed by atoms with Crippen LogP contribution in [-0.2, 0) is 0 Å². The summed E-state index contributed by atoms with van der Waals surface area (Å²) in [5.41, 5.74) is 0.673. The molecule has 0 bridgehead atoms. The Balaban J connectivity index is 1.69. The van der Waals surface area contributed by atoms with E-state index in [0.717, 1.165) is 0 Å². The van der Waals surface area contributed by atoms with E-state index in [0.29, 0.717) is 23.1 Å². The Morgan fingerprint density at radius 1 is 1.16 bits per heavy atom. The minimum absolute atomic E-state index is 0.0719. The summed E-state index contributed by atoms with van der Waals surface area (Å²) in [7, 11) is 3.17. The number of rotatable bonds is 6. The highest BCUT2D eigenvalue weighted by molar-refractivity contribution is 7.10. The molecule has 1 atom stereocenters. The molecule has 1 aromatic heterocycles. The van der Waals surface area contributed by atoms with Gasteiger partial charge in [-0.15, -0.1) is 11.3 Å². The normalized spacial score (nSPS) is 15.6. The van der Waals surface area contributed by atoms with Gasteiger partial charge in [-0.2, -0.15) is 0 Å². The third-order valence-electron chi connectivity index (χ3n) is 4.65. The van der Waals surface area contributed by atoms with Crippen LogP contribution in [0.3, 0.4) is 0 Å². The van der Waals surface area contributed by atoms with Gasteiger partial charge in [-0.1, -0.05) is 18.9 Å². The highest BCUT2D eigenvalue weighted by atomic mass is 32.1. The molecule has 5 nitrogen and oxygen atoms in total. The number of urea groups is 1. The second-order valence-corrected chi connectivity index (χ2v) is 7.19. The number of amides is 2. The number of hydrogen-bond donors (Lipinski definition) is 2. The molecule has 1 aliphatic carbocycles. The van der Waals surface area contributed by atoms with Crippen LogP contribution in [0.15, 0.2) is 35.7 Å². The SMILES string of the molecule is COc1ccc(NC(=O)NC(c2cccs2)C2CCCC2)cc1OC. The molecule has 0 radical (unpaired) electrons. The minimum atomic E-state index is -0.197. The number of benzene rings is 1. The van der Waals surface area contributed by atoms with Crippen LogP contribution in [0.2, 0.25) is 0 Å². The molecule has 2 N–H and O–H groups in total. The van der Waals surface area contributed by atoms with Crippen molar-refractivity contribution in [2.45, 2.75) is 31.7 Å². The molecule has 2 aromatic rings. The van der Waals surface area contributed by atoms with Crippen molar-refractivity contribution in [1.29, 1.82) is 0 Å². The third kappa shape index (κ3) is 4.25. The smallest absolute Gasteiger partial charge is 0.319 e. The van der Waals surface area contributed by atoms with Crippen LogP contribution in [0, 0.1) is 5.92 Å². The van der Waals surface area contributed by atoms with Crippen LogP contribution in [-0.4, -0.2) is 20.3 Å². The number of anilines is 1. The van der Waals surface area contributed by atoms with Crippen molar-refractivity contribution in [3.63, 3.8) is 0 Å². The molecule has 134 valence electrons.